The van der Waals surface area contributed by atoms with Crippen LogP contribution in [0.5, 0.6) is 5.75 Å². The minimum Gasteiger partial charge on any atom is -0.496 e. The molecule has 1 aromatic heterocycles. The molecule has 6 nitrogen and oxygen atoms in total. The molecule has 2 aromatic rings. The molecular weight excluding hydrogens is 318 g/mol. The largest absolute Gasteiger partial charge is 0.496 e. The quantitative estimate of drug-likeness (QED) is 0.754. The lowest BCUT2D eigenvalue weighted by atomic mass is 10.0. The first kappa shape index (κ1) is 17.0. The van der Waals surface area contributed by atoms with Gasteiger partial charge in [-0.2, -0.15) is 0 Å². The van der Waals surface area contributed by atoms with Crippen molar-refractivity contribution in [3.8, 4) is 5.75 Å². The number of methoxy groups -OCH3 is 1. The number of carbonyl (C=O) groups is 2. The van der Waals surface area contributed by atoms with Crippen LogP contribution >= 0.6 is 0 Å². The zero-order valence-electron chi connectivity index (χ0n) is 14.1. The molecule has 6 heteroatoms. The fourth-order valence-electron chi connectivity index (χ4n) is 2.73. The standard InChI is InChI=1S/C19H21N3O3/c1-25-16-7-3-2-6-15(16)13-22-18(24)19(8-9-19)17(23)21-12-14-5-4-10-20-11-14/h2-7,10-11H,8-9,12-13H2,1H3,(H,21,23)(H,22,24). The van der Waals surface area contributed by atoms with Gasteiger partial charge < -0.3 is 15.4 Å². The summed E-state index contributed by atoms with van der Waals surface area (Å²) in [5, 5.41) is 5.70. The summed E-state index contributed by atoms with van der Waals surface area (Å²) in [6.45, 7) is 0.703. The highest BCUT2D eigenvalue weighted by Gasteiger charge is 2.56. The van der Waals surface area contributed by atoms with Crippen molar-refractivity contribution >= 4 is 11.8 Å². The predicted octanol–water partition coefficient (Wildman–Crippen LogP) is 1.80. The fourth-order valence-corrected chi connectivity index (χ4v) is 2.73. The van der Waals surface area contributed by atoms with Gasteiger partial charge in [0.05, 0.1) is 7.11 Å². The van der Waals surface area contributed by atoms with Gasteiger partial charge in [0.2, 0.25) is 11.8 Å². The number of pyridine rings is 1. The van der Waals surface area contributed by atoms with Crippen molar-refractivity contribution in [2.24, 2.45) is 5.41 Å². The van der Waals surface area contributed by atoms with Gasteiger partial charge in [-0.3, -0.25) is 14.6 Å². The second kappa shape index (κ2) is 7.34. The lowest BCUT2D eigenvalue weighted by Crippen LogP contribution is -2.42. The molecule has 0 radical (unpaired) electrons. The van der Waals surface area contributed by atoms with Gasteiger partial charge in [0.25, 0.3) is 0 Å². The Bertz CT molecular complexity index is 758. The molecular formula is C19H21N3O3. The van der Waals surface area contributed by atoms with E-state index < -0.39 is 5.41 Å². The maximum atomic E-state index is 12.5. The maximum Gasteiger partial charge on any atom is 0.235 e. The number of para-hydroxylation sites is 1. The first-order chi connectivity index (χ1) is 12.2. The average Bonchev–Trinajstić information content (AvgIpc) is 3.47. The van der Waals surface area contributed by atoms with E-state index in [0.717, 1.165) is 11.1 Å². The normalized spacial score (nSPS) is 14.4. The number of amides is 2. The minimum atomic E-state index is -0.940. The number of rotatable bonds is 7. The highest BCUT2D eigenvalue weighted by Crippen LogP contribution is 2.46. The second-order valence-electron chi connectivity index (χ2n) is 6.12. The molecule has 1 saturated carbocycles. The van der Waals surface area contributed by atoms with E-state index in [4.69, 9.17) is 4.74 Å². The van der Waals surface area contributed by atoms with E-state index in [1.54, 1.807) is 19.5 Å². The van der Waals surface area contributed by atoms with E-state index in [1.807, 2.05) is 36.4 Å². The molecule has 0 aliphatic heterocycles. The van der Waals surface area contributed by atoms with Crippen LogP contribution in [0.25, 0.3) is 0 Å². The summed E-state index contributed by atoms with van der Waals surface area (Å²) in [5.41, 5.74) is 0.843. The number of ether oxygens (including phenoxy) is 1. The Labute approximate surface area is 146 Å². The first-order valence-corrected chi connectivity index (χ1v) is 8.23. The summed E-state index contributed by atoms with van der Waals surface area (Å²) < 4.78 is 5.28. The molecule has 0 spiro atoms. The lowest BCUT2D eigenvalue weighted by Gasteiger charge is -2.16. The van der Waals surface area contributed by atoms with Gasteiger partial charge in [0.15, 0.2) is 0 Å². The molecule has 2 N–H and O–H groups in total. The van der Waals surface area contributed by atoms with E-state index >= 15 is 0 Å². The van der Waals surface area contributed by atoms with E-state index in [2.05, 4.69) is 15.6 Å². The fraction of sp³-hybridized carbons (Fsp3) is 0.316. The van der Waals surface area contributed by atoms with Crippen molar-refractivity contribution in [1.29, 1.82) is 0 Å². The van der Waals surface area contributed by atoms with Crippen LogP contribution in [0.4, 0.5) is 0 Å². The molecule has 0 bridgehead atoms. The molecule has 1 heterocycles. The Kier molecular flexibility index (Phi) is 4.97. The van der Waals surface area contributed by atoms with Crippen LogP contribution in [0.15, 0.2) is 48.8 Å². The summed E-state index contributed by atoms with van der Waals surface area (Å²) in [5.74, 6) is 0.254. The Morgan fingerprint density at radius 3 is 2.44 bits per heavy atom. The van der Waals surface area contributed by atoms with Crippen LogP contribution in [0.1, 0.15) is 24.0 Å². The van der Waals surface area contributed by atoms with Crippen LogP contribution < -0.4 is 15.4 Å². The molecule has 0 saturated heterocycles. The molecule has 1 aromatic carbocycles. The maximum absolute atomic E-state index is 12.5. The van der Waals surface area contributed by atoms with Crippen LogP contribution in [0.3, 0.4) is 0 Å². The SMILES string of the molecule is COc1ccccc1CNC(=O)C1(C(=O)NCc2cccnc2)CC1. The Morgan fingerprint density at radius 2 is 1.80 bits per heavy atom. The molecule has 0 unspecified atom stereocenters. The summed E-state index contributed by atoms with van der Waals surface area (Å²) in [6.07, 6.45) is 4.52. The van der Waals surface area contributed by atoms with Gasteiger partial charge in [0, 0.05) is 31.0 Å². The highest BCUT2D eigenvalue weighted by atomic mass is 16.5. The van der Waals surface area contributed by atoms with Crippen molar-refractivity contribution < 1.29 is 14.3 Å². The van der Waals surface area contributed by atoms with E-state index in [9.17, 15) is 9.59 Å². The Morgan fingerprint density at radius 1 is 1.08 bits per heavy atom. The molecule has 0 atom stereocenters. The zero-order chi connectivity index (χ0) is 17.7. The molecule has 1 aliphatic carbocycles. The molecule has 1 fully saturated rings. The predicted molar refractivity (Wildman–Crippen MR) is 92.6 cm³/mol. The van der Waals surface area contributed by atoms with Gasteiger partial charge in [0.1, 0.15) is 11.2 Å². The molecule has 1 aliphatic rings. The summed E-state index contributed by atoms with van der Waals surface area (Å²) in [7, 11) is 1.59. The van der Waals surface area contributed by atoms with E-state index in [1.165, 1.54) is 0 Å². The van der Waals surface area contributed by atoms with Gasteiger partial charge >= 0.3 is 0 Å². The number of hydrogen-bond acceptors (Lipinski definition) is 4. The Hall–Kier alpha value is -2.89. The summed E-state index contributed by atoms with van der Waals surface area (Å²) >= 11 is 0. The minimum absolute atomic E-state index is 0.228. The van der Waals surface area contributed by atoms with Crippen molar-refractivity contribution in [2.75, 3.05) is 7.11 Å². The molecule has 25 heavy (non-hydrogen) atoms. The average molecular weight is 339 g/mol. The molecule has 130 valence electrons. The monoisotopic (exact) mass is 339 g/mol. The summed E-state index contributed by atoms with van der Waals surface area (Å²) in [6, 6.07) is 11.2. The smallest absolute Gasteiger partial charge is 0.235 e. The highest BCUT2D eigenvalue weighted by molar-refractivity contribution is 6.07. The van der Waals surface area contributed by atoms with Crippen molar-refractivity contribution in [3.63, 3.8) is 0 Å². The first-order valence-electron chi connectivity index (χ1n) is 8.23. The third-order valence-electron chi connectivity index (χ3n) is 4.43. The number of nitrogens with zero attached hydrogens (tertiary/aromatic N) is 1. The van der Waals surface area contributed by atoms with Gasteiger partial charge in [-0.25, -0.2) is 0 Å². The number of benzene rings is 1. The third kappa shape index (κ3) is 3.79. The van der Waals surface area contributed by atoms with Gasteiger partial charge in [-0.1, -0.05) is 24.3 Å². The van der Waals surface area contributed by atoms with Crippen LogP contribution in [-0.4, -0.2) is 23.9 Å². The van der Waals surface area contributed by atoms with Gasteiger partial charge in [-0.15, -0.1) is 0 Å². The van der Waals surface area contributed by atoms with E-state index in [-0.39, 0.29) is 11.8 Å². The molecule has 3 rings (SSSR count). The third-order valence-corrected chi connectivity index (χ3v) is 4.43. The number of nitrogens with one attached hydrogen (secondary N) is 2. The van der Waals surface area contributed by atoms with Crippen molar-refractivity contribution in [2.45, 2.75) is 25.9 Å². The topological polar surface area (TPSA) is 80.3 Å². The number of aromatic nitrogens is 1. The number of hydrogen-bond donors (Lipinski definition) is 2. The molecule has 2 amide bonds. The lowest BCUT2D eigenvalue weighted by molar-refractivity contribution is -0.137. The zero-order valence-corrected chi connectivity index (χ0v) is 14.1. The van der Waals surface area contributed by atoms with Crippen molar-refractivity contribution in [3.05, 3.63) is 59.9 Å². The van der Waals surface area contributed by atoms with Crippen molar-refractivity contribution in [1.82, 2.24) is 15.6 Å². The summed E-state index contributed by atoms with van der Waals surface area (Å²) in [4.78, 5) is 29.0. The van der Waals surface area contributed by atoms with E-state index in [0.29, 0.717) is 31.7 Å². The van der Waals surface area contributed by atoms with Gasteiger partial charge in [-0.05, 0) is 30.5 Å². The van der Waals surface area contributed by atoms with Crippen LogP contribution in [0.2, 0.25) is 0 Å². The van der Waals surface area contributed by atoms with Crippen LogP contribution in [0, 0.1) is 5.41 Å². The second-order valence-corrected chi connectivity index (χ2v) is 6.12. The van der Waals surface area contributed by atoms with Crippen LogP contribution in [-0.2, 0) is 22.7 Å². The number of carbonyl (C=O) groups excluding carboxylic acids is 2. The Balaban J connectivity index is 1.56.